The fraction of sp³-hybridized carbons (Fsp3) is 0.150. The molecule has 0 heterocycles. The first-order valence-electron chi connectivity index (χ1n) is 7.42. The van der Waals surface area contributed by atoms with E-state index in [4.69, 9.17) is 14.2 Å². The van der Waals surface area contributed by atoms with Gasteiger partial charge in [-0.1, -0.05) is 30.4 Å². The molecule has 0 bridgehead atoms. The van der Waals surface area contributed by atoms with Gasteiger partial charge in [0.05, 0.1) is 21.3 Å². The minimum Gasteiger partial charge on any atom is -0.497 e. The highest BCUT2D eigenvalue weighted by atomic mass is 16.5. The summed E-state index contributed by atoms with van der Waals surface area (Å²) in [6.45, 7) is 0. The Bertz CT molecular complexity index is 743. The summed E-state index contributed by atoms with van der Waals surface area (Å²) in [5.74, 6) is 1.97. The van der Waals surface area contributed by atoms with Crippen LogP contribution in [-0.2, 0) is 4.79 Å². The molecular formula is C20H20O4. The first-order valence-corrected chi connectivity index (χ1v) is 7.42. The van der Waals surface area contributed by atoms with Crippen molar-refractivity contribution in [3.05, 3.63) is 65.7 Å². The molecule has 2 aromatic rings. The maximum absolute atomic E-state index is 11.9. The molecule has 0 unspecified atom stereocenters. The lowest BCUT2D eigenvalue weighted by Crippen LogP contribution is -1.91. The van der Waals surface area contributed by atoms with Gasteiger partial charge in [0, 0.05) is 0 Å². The molecule has 0 N–H and O–H groups in total. The summed E-state index contributed by atoms with van der Waals surface area (Å²) >= 11 is 0. The Morgan fingerprint density at radius 2 is 1.33 bits per heavy atom. The molecule has 2 aromatic carbocycles. The SMILES string of the molecule is COc1ccc(/C=C/C(=O)/C=C/c2ccc(OC)c(OC)c2)cc1. The number of carbonyl (C=O) groups excluding carboxylic acids is 1. The van der Waals surface area contributed by atoms with Crippen LogP contribution >= 0.6 is 0 Å². The molecule has 4 heteroatoms. The number of hydrogen-bond acceptors (Lipinski definition) is 4. The Morgan fingerprint density at radius 1 is 0.750 bits per heavy atom. The second-order valence-corrected chi connectivity index (χ2v) is 4.96. The third-order valence-corrected chi connectivity index (χ3v) is 3.40. The van der Waals surface area contributed by atoms with Gasteiger partial charge in [0.2, 0.25) is 0 Å². The van der Waals surface area contributed by atoms with Gasteiger partial charge < -0.3 is 14.2 Å². The van der Waals surface area contributed by atoms with Gasteiger partial charge in [-0.3, -0.25) is 4.79 Å². The molecule has 0 saturated carbocycles. The van der Waals surface area contributed by atoms with Crippen LogP contribution in [0.1, 0.15) is 11.1 Å². The molecule has 124 valence electrons. The number of allylic oxidation sites excluding steroid dienone is 2. The molecule has 0 radical (unpaired) electrons. The van der Waals surface area contributed by atoms with Crippen molar-refractivity contribution >= 4 is 17.9 Å². The summed E-state index contributed by atoms with van der Waals surface area (Å²) in [4.78, 5) is 11.9. The lowest BCUT2D eigenvalue weighted by Gasteiger charge is -2.07. The van der Waals surface area contributed by atoms with Crippen molar-refractivity contribution in [3.63, 3.8) is 0 Å². The summed E-state index contributed by atoms with van der Waals surface area (Å²) in [7, 11) is 4.78. The van der Waals surface area contributed by atoms with Crippen LogP contribution in [0.15, 0.2) is 54.6 Å². The quantitative estimate of drug-likeness (QED) is 0.722. The van der Waals surface area contributed by atoms with Gasteiger partial charge in [0.15, 0.2) is 17.3 Å². The van der Waals surface area contributed by atoms with E-state index in [9.17, 15) is 4.79 Å². The molecule has 0 aliphatic carbocycles. The molecular weight excluding hydrogens is 304 g/mol. The third kappa shape index (κ3) is 4.74. The van der Waals surface area contributed by atoms with E-state index in [1.807, 2.05) is 36.4 Å². The number of carbonyl (C=O) groups is 1. The zero-order valence-corrected chi connectivity index (χ0v) is 14.0. The minimum absolute atomic E-state index is 0.0967. The number of ether oxygens (including phenoxy) is 3. The highest BCUT2D eigenvalue weighted by Crippen LogP contribution is 2.27. The molecule has 0 spiro atoms. The summed E-state index contributed by atoms with van der Waals surface area (Å²) < 4.78 is 15.5. The van der Waals surface area contributed by atoms with Gasteiger partial charge in [0.1, 0.15) is 5.75 Å². The average Bonchev–Trinajstić information content (AvgIpc) is 2.64. The largest absolute Gasteiger partial charge is 0.497 e. The Balaban J connectivity index is 2.03. The van der Waals surface area contributed by atoms with Crippen LogP contribution in [0.2, 0.25) is 0 Å². The molecule has 0 aliphatic heterocycles. The molecule has 24 heavy (non-hydrogen) atoms. The van der Waals surface area contributed by atoms with Gasteiger partial charge in [-0.25, -0.2) is 0 Å². The number of rotatable bonds is 7. The second-order valence-electron chi connectivity index (χ2n) is 4.96. The van der Waals surface area contributed by atoms with Crippen molar-refractivity contribution in [2.24, 2.45) is 0 Å². The highest BCUT2D eigenvalue weighted by molar-refractivity contribution is 6.04. The van der Waals surface area contributed by atoms with Crippen molar-refractivity contribution in [2.45, 2.75) is 0 Å². The van der Waals surface area contributed by atoms with Crippen molar-refractivity contribution in [2.75, 3.05) is 21.3 Å². The minimum atomic E-state index is -0.0967. The first kappa shape index (κ1) is 17.3. The summed E-state index contributed by atoms with van der Waals surface area (Å²) in [6.07, 6.45) is 6.55. The van der Waals surface area contributed by atoms with Crippen LogP contribution in [0.4, 0.5) is 0 Å². The van der Waals surface area contributed by atoms with Crippen LogP contribution in [0, 0.1) is 0 Å². The predicted octanol–water partition coefficient (Wildman–Crippen LogP) is 4.01. The Kier molecular flexibility index (Phi) is 6.20. The fourth-order valence-corrected chi connectivity index (χ4v) is 2.08. The van der Waals surface area contributed by atoms with Crippen molar-refractivity contribution in [1.29, 1.82) is 0 Å². The van der Waals surface area contributed by atoms with E-state index < -0.39 is 0 Å². The van der Waals surface area contributed by atoms with Crippen LogP contribution in [-0.4, -0.2) is 27.1 Å². The van der Waals surface area contributed by atoms with Gasteiger partial charge in [0.25, 0.3) is 0 Å². The zero-order valence-electron chi connectivity index (χ0n) is 14.0. The Labute approximate surface area is 142 Å². The van der Waals surface area contributed by atoms with E-state index in [1.165, 1.54) is 12.2 Å². The zero-order chi connectivity index (χ0) is 17.4. The summed E-state index contributed by atoms with van der Waals surface area (Å²) in [6, 6.07) is 13.0. The maximum atomic E-state index is 11.9. The standard InChI is InChI=1S/C20H20O4/c1-22-18-11-6-15(7-12-18)4-9-17(21)10-5-16-8-13-19(23-2)20(14-16)24-3/h4-14H,1-3H3/b9-4+,10-5+. The molecule has 0 aromatic heterocycles. The van der Waals surface area contributed by atoms with E-state index in [2.05, 4.69) is 0 Å². The van der Waals surface area contributed by atoms with Crippen LogP contribution in [0.5, 0.6) is 17.2 Å². The predicted molar refractivity (Wildman–Crippen MR) is 95.6 cm³/mol. The fourth-order valence-electron chi connectivity index (χ4n) is 2.08. The van der Waals surface area contributed by atoms with Crippen LogP contribution in [0.3, 0.4) is 0 Å². The van der Waals surface area contributed by atoms with E-state index in [1.54, 1.807) is 39.5 Å². The monoisotopic (exact) mass is 324 g/mol. The average molecular weight is 324 g/mol. The molecule has 2 rings (SSSR count). The van der Waals surface area contributed by atoms with E-state index in [0.717, 1.165) is 16.9 Å². The number of ketones is 1. The van der Waals surface area contributed by atoms with Gasteiger partial charge in [-0.05, 0) is 47.5 Å². The third-order valence-electron chi connectivity index (χ3n) is 3.40. The highest BCUT2D eigenvalue weighted by Gasteiger charge is 2.02. The smallest absolute Gasteiger partial charge is 0.178 e. The lowest BCUT2D eigenvalue weighted by molar-refractivity contribution is -0.110. The summed E-state index contributed by atoms with van der Waals surface area (Å²) in [5.41, 5.74) is 1.79. The number of hydrogen-bond donors (Lipinski definition) is 0. The first-order chi connectivity index (χ1) is 11.7. The van der Waals surface area contributed by atoms with E-state index >= 15 is 0 Å². The molecule has 4 nitrogen and oxygen atoms in total. The number of benzene rings is 2. The molecule has 0 aliphatic rings. The van der Waals surface area contributed by atoms with Gasteiger partial charge >= 0.3 is 0 Å². The molecule has 0 atom stereocenters. The Morgan fingerprint density at radius 3 is 1.92 bits per heavy atom. The molecule has 0 amide bonds. The Hall–Kier alpha value is -3.01. The number of methoxy groups -OCH3 is 3. The summed E-state index contributed by atoms with van der Waals surface area (Å²) in [5, 5.41) is 0. The van der Waals surface area contributed by atoms with Crippen LogP contribution in [0.25, 0.3) is 12.2 Å². The molecule has 0 saturated heterocycles. The lowest BCUT2D eigenvalue weighted by atomic mass is 10.1. The van der Waals surface area contributed by atoms with E-state index in [-0.39, 0.29) is 5.78 Å². The van der Waals surface area contributed by atoms with Gasteiger partial charge in [-0.2, -0.15) is 0 Å². The van der Waals surface area contributed by atoms with Crippen molar-refractivity contribution in [1.82, 2.24) is 0 Å². The van der Waals surface area contributed by atoms with Crippen molar-refractivity contribution < 1.29 is 19.0 Å². The van der Waals surface area contributed by atoms with Crippen molar-refractivity contribution in [3.8, 4) is 17.2 Å². The normalized spacial score (nSPS) is 11.0. The molecule has 0 fully saturated rings. The van der Waals surface area contributed by atoms with Gasteiger partial charge in [-0.15, -0.1) is 0 Å². The van der Waals surface area contributed by atoms with Crippen LogP contribution < -0.4 is 14.2 Å². The maximum Gasteiger partial charge on any atom is 0.178 e. The van der Waals surface area contributed by atoms with E-state index in [0.29, 0.717) is 11.5 Å². The topological polar surface area (TPSA) is 44.8 Å². The second kappa shape index (κ2) is 8.58.